The molecule has 7 heteroatoms. The minimum Gasteiger partial charge on any atom is -0.475 e. The van der Waals surface area contributed by atoms with Crippen LogP contribution in [0.3, 0.4) is 0 Å². The van der Waals surface area contributed by atoms with Crippen molar-refractivity contribution in [3.63, 3.8) is 0 Å². The number of hydrogen-bond donors (Lipinski definition) is 1. The molecule has 0 saturated heterocycles. The summed E-state index contributed by atoms with van der Waals surface area (Å²) in [5, 5.41) is 8.25. The number of rotatable bonds is 5. The molecule has 0 amide bonds. The average molecular weight is 213 g/mol. The monoisotopic (exact) mass is 213 g/mol. The van der Waals surface area contributed by atoms with E-state index < -0.39 is 24.0 Å². The van der Waals surface area contributed by atoms with Gasteiger partial charge in [0.1, 0.15) is 6.20 Å². The van der Waals surface area contributed by atoms with E-state index in [0.717, 1.165) is 6.20 Å². The maximum atomic E-state index is 11.2. The number of carbonyl (C=O) groups is 3. The Hall–Kier alpha value is -2.18. The van der Waals surface area contributed by atoms with E-state index in [1.807, 2.05) is 0 Å². The van der Waals surface area contributed by atoms with Crippen LogP contribution in [0, 0.1) is 0 Å². The van der Waals surface area contributed by atoms with Crippen LogP contribution in [0.2, 0.25) is 0 Å². The first kappa shape index (κ1) is 10.9. The fraction of sp³-hybridized carbons (Fsp3) is 0.250. The van der Waals surface area contributed by atoms with Gasteiger partial charge in [0.05, 0.1) is 13.5 Å². The number of ether oxygens (including phenoxy) is 1. The fourth-order valence-electron chi connectivity index (χ4n) is 0.780. The Morgan fingerprint density at radius 1 is 1.53 bits per heavy atom. The maximum Gasteiger partial charge on any atom is 0.372 e. The van der Waals surface area contributed by atoms with Crippen molar-refractivity contribution in [2.75, 3.05) is 7.11 Å². The second kappa shape index (κ2) is 4.36. The third kappa shape index (κ3) is 2.63. The lowest BCUT2D eigenvalue weighted by Crippen LogP contribution is -2.17. The van der Waals surface area contributed by atoms with Crippen molar-refractivity contribution >= 4 is 17.5 Å². The van der Waals surface area contributed by atoms with Crippen molar-refractivity contribution < 1.29 is 28.6 Å². The van der Waals surface area contributed by atoms with Gasteiger partial charge in [0, 0.05) is 0 Å². The number of Topliss-reactive ketones (excluding diaryl/α,β-unsaturated/α-hetero) is 2. The van der Waals surface area contributed by atoms with E-state index in [1.54, 1.807) is 0 Å². The van der Waals surface area contributed by atoms with Crippen LogP contribution < -0.4 is 4.74 Å². The van der Waals surface area contributed by atoms with E-state index in [2.05, 4.69) is 9.72 Å². The SMILES string of the molecule is COc1cnc(C(=O)CC(=O)C(=O)O)o1. The summed E-state index contributed by atoms with van der Waals surface area (Å²) in [6, 6.07) is 0. The van der Waals surface area contributed by atoms with E-state index in [0.29, 0.717) is 0 Å². The largest absolute Gasteiger partial charge is 0.475 e. The number of methoxy groups -OCH3 is 1. The quantitative estimate of drug-likeness (QED) is 0.413. The van der Waals surface area contributed by atoms with Gasteiger partial charge in [0.2, 0.25) is 11.6 Å². The number of carboxylic acids is 1. The van der Waals surface area contributed by atoms with Gasteiger partial charge in [-0.2, -0.15) is 0 Å². The molecule has 1 N–H and O–H groups in total. The summed E-state index contributed by atoms with van der Waals surface area (Å²) in [7, 11) is 1.32. The summed E-state index contributed by atoms with van der Waals surface area (Å²) in [6.45, 7) is 0. The Morgan fingerprint density at radius 3 is 2.67 bits per heavy atom. The van der Waals surface area contributed by atoms with Crippen molar-refractivity contribution in [1.29, 1.82) is 0 Å². The van der Waals surface area contributed by atoms with Gasteiger partial charge >= 0.3 is 11.9 Å². The Balaban J connectivity index is 2.69. The van der Waals surface area contributed by atoms with E-state index in [-0.39, 0.29) is 11.8 Å². The number of nitrogens with zero attached hydrogens (tertiary/aromatic N) is 1. The molecule has 0 aromatic carbocycles. The molecule has 1 heterocycles. The van der Waals surface area contributed by atoms with Crippen LogP contribution in [-0.2, 0) is 9.59 Å². The minimum absolute atomic E-state index is 0.0149. The third-order valence-corrected chi connectivity index (χ3v) is 1.48. The predicted octanol–water partition coefficient (Wildman–Crippen LogP) is -0.0903. The molecule has 0 bridgehead atoms. The standard InChI is InChI=1S/C8H7NO6/c1-14-6-3-9-7(15-6)4(10)2-5(11)8(12)13/h3H,2H2,1H3,(H,12,13). The van der Waals surface area contributed by atoms with Crippen LogP contribution in [0.5, 0.6) is 5.95 Å². The molecular weight excluding hydrogens is 206 g/mol. The van der Waals surface area contributed by atoms with Crippen LogP contribution in [0.4, 0.5) is 0 Å². The number of carboxylic acid groups (broad SMARTS) is 1. The molecule has 15 heavy (non-hydrogen) atoms. The van der Waals surface area contributed by atoms with Gasteiger partial charge in [-0.25, -0.2) is 9.78 Å². The molecule has 0 radical (unpaired) electrons. The molecule has 1 aromatic rings. The highest BCUT2D eigenvalue weighted by atomic mass is 16.6. The van der Waals surface area contributed by atoms with E-state index in [1.165, 1.54) is 7.11 Å². The van der Waals surface area contributed by atoms with Gasteiger partial charge in [-0.1, -0.05) is 0 Å². The topological polar surface area (TPSA) is 107 Å². The molecule has 0 unspecified atom stereocenters. The first-order valence-electron chi connectivity index (χ1n) is 3.83. The van der Waals surface area contributed by atoms with Gasteiger partial charge in [0.15, 0.2) is 0 Å². The third-order valence-electron chi connectivity index (χ3n) is 1.48. The molecule has 0 spiro atoms. The molecule has 1 aromatic heterocycles. The van der Waals surface area contributed by atoms with Gasteiger partial charge in [-0.05, 0) is 0 Å². The zero-order chi connectivity index (χ0) is 11.4. The summed E-state index contributed by atoms with van der Waals surface area (Å²) in [5.41, 5.74) is 0. The van der Waals surface area contributed by atoms with Crippen molar-refractivity contribution in [2.45, 2.75) is 6.42 Å². The highest BCUT2D eigenvalue weighted by Crippen LogP contribution is 2.12. The van der Waals surface area contributed by atoms with Crippen LogP contribution in [0.15, 0.2) is 10.6 Å². The Labute approximate surface area is 83.7 Å². The Bertz CT molecular complexity index is 407. The molecule has 1 rings (SSSR count). The van der Waals surface area contributed by atoms with Gasteiger partial charge in [0.25, 0.3) is 5.89 Å². The van der Waals surface area contributed by atoms with Crippen LogP contribution in [-0.4, -0.2) is 34.7 Å². The zero-order valence-electron chi connectivity index (χ0n) is 7.72. The van der Waals surface area contributed by atoms with Crippen molar-refractivity contribution in [3.8, 4) is 5.95 Å². The maximum absolute atomic E-state index is 11.2. The lowest BCUT2D eigenvalue weighted by atomic mass is 10.2. The molecule has 80 valence electrons. The molecule has 0 aliphatic rings. The first-order chi connectivity index (χ1) is 7.04. The molecule has 0 atom stereocenters. The molecule has 0 fully saturated rings. The number of aliphatic carboxylic acids is 1. The molecular formula is C8H7NO6. The van der Waals surface area contributed by atoms with Crippen molar-refractivity contribution in [2.24, 2.45) is 0 Å². The summed E-state index contributed by atoms with van der Waals surface area (Å²) in [5.74, 6) is -4.01. The lowest BCUT2D eigenvalue weighted by molar-refractivity contribution is -0.148. The number of oxazole rings is 1. The first-order valence-corrected chi connectivity index (χ1v) is 3.83. The highest BCUT2D eigenvalue weighted by molar-refractivity contribution is 6.37. The fourth-order valence-corrected chi connectivity index (χ4v) is 0.780. The van der Waals surface area contributed by atoms with Crippen molar-refractivity contribution in [1.82, 2.24) is 4.98 Å². The molecule has 0 saturated carbocycles. The van der Waals surface area contributed by atoms with Crippen molar-refractivity contribution in [3.05, 3.63) is 12.1 Å². The number of ketones is 2. The Morgan fingerprint density at radius 2 is 2.20 bits per heavy atom. The summed E-state index contributed by atoms with van der Waals surface area (Å²) in [4.78, 5) is 35.5. The van der Waals surface area contributed by atoms with Gasteiger partial charge < -0.3 is 14.3 Å². The Kier molecular flexibility index (Phi) is 3.17. The van der Waals surface area contributed by atoms with E-state index in [4.69, 9.17) is 9.52 Å². The zero-order valence-corrected chi connectivity index (χ0v) is 7.72. The van der Waals surface area contributed by atoms with Gasteiger partial charge in [-0.15, -0.1) is 0 Å². The second-order valence-electron chi connectivity index (χ2n) is 2.52. The van der Waals surface area contributed by atoms with E-state index in [9.17, 15) is 14.4 Å². The summed E-state index contributed by atoms with van der Waals surface area (Å²) < 4.78 is 9.36. The number of carbonyl (C=O) groups excluding carboxylic acids is 2. The number of hydrogen-bond acceptors (Lipinski definition) is 6. The molecule has 7 nitrogen and oxygen atoms in total. The lowest BCUT2D eigenvalue weighted by Gasteiger charge is -1.92. The van der Waals surface area contributed by atoms with E-state index >= 15 is 0 Å². The predicted molar refractivity (Wildman–Crippen MR) is 44.6 cm³/mol. The summed E-state index contributed by atoms with van der Waals surface area (Å²) >= 11 is 0. The van der Waals surface area contributed by atoms with Crippen LogP contribution in [0.1, 0.15) is 17.1 Å². The number of aromatic nitrogens is 1. The molecule has 0 aliphatic carbocycles. The second-order valence-corrected chi connectivity index (χ2v) is 2.52. The smallest absolute Gasteiger partial charge is 0.372 e. The summed E-state index contributed by atoms with van der Waals surface area (Å²) in [6.07, 6.45) is 0.372. The minimum atomic E-state index is -1.66. The van der Waals surface area contributed by atoms with Gasteiger partial charge in [-0.3, -0.25) is 9.59 Å². The average Bonchev–Trinajstić information content (AvgIpc) is 2.65. The highest BCUT2D eigenvalue weighted by Gasteiger charge is 2.21. The van der Waals surface area contributed by atoms with Crippen LogP contribution in [0.25, 0.3) is 0 Å². The normalized spacial score (nSPS) is 9.67. The molecule has 0 aliphatic heterocycles. The van der Waals surface area contributed by atoms with Crippen LogP contribution >= 0.6 is 0 Å².